The first-order valence-electron chi connectivity index (χ1n) is 7.65. The van der Waals surface area contributed by atoms with Crippen LogP contribution in [0.2, 0.25) is 0 Å². The van der Waals surface area contributed by atoms with Gasteiger partial charge >= 0.3 is 0 Å². The summed E-state index contributed by atoms with van der Waals surface area (Å²) in [4.78, 5) is 24.8. The molecule has 1 saturated heterocycles. The van der Waals surface area contributed by atoms with E-state index in [1.165, 1.54) is 18.2 Å². The summed E-state index contributed by atoms with van der Waals surface area (Å²) in [5, 5.41) is 0. The lowest BCUT2D eigenvalue weighted by atomic mass is 10.1. The van der Waals surface area contributed by atoms with Gasteiger partial charge in [-0.15, -0.1) is 0 Å². The Morgan fingerprint density at radius 2 is 2.04 bits per heavy atom. The predicted molar refractivity (Wildman–Crippen MR) is 87.0 cm³/mol. The fourth-order valence-corrected chi connectivity index (χ4v) is 2.70. The molecule has 2 N–H and O–H groups in total. The number of halogens is 1. The molecule has 2 aromatic rings. The molecule has 1 unspecified atom stereocenters. The van der Waals surface area contributed by atoms with Crippen LogP contribution in [-0.2, 0) is 9.59 Å². The van der Waals surface area contributed by atoms with Crippen LogP contribution >= 0.6 is 0 Å². The summed E-state index contributed by atoms with van der Waals surface area (Å²) in [5.41, 5.74) is 5.62. The summed E-state index contributed by atoms with van der Waals surface area (Å²) in [6.07, 6.45) is 3.50. The number of likely N-dealkylation sites (tertiary alicyclic amines) is 1. The Morgan fingerprint density at radius 3 is 2.75 bits per heavy atom. The molecule has 0 bridgehead atoms. The molecule has 124 valence electrons. The summed E-state index contributed by atoms with van der Waals surface area (Å²) in [6, 6.07) is 9.64. The van der Waals surface area contributed by atoms with Crippen molar-refractivity contribution in [1.82, 2.24) is 4.90 Å². The number of hydrogen-bond acceptors (Lipinski definition) is 3. The number of nitrogens with zero attached hydrogens (tertiary/aromatic N) is 1. The second-order valence-corrected chi connectivity index (χ2v) is 5.69. The van der Waals surface area contributed by atoms with Gasteiger partial charge in [0.2, 0.25) is 11.8 Å². The van der Waals surface area contributed by atoms with Crippen molar-refractivity contribution in [2.24, 2.45) is 11.7 Å². The van der Waals surface area contributed by atoms with Crippen molar-refractivity contribution in [2.75, 3.05) is 13.1 Å². The third-order valence-electron chi connectivity index (χ3n) is 4.06. The van der Waals surface area contributed by atoms with E-state index in [1.54, 1.807) is 35.2 Å². The highest BCUT2D eigenvalue weighted by molar-refractivity contribution is 5.92. The Kier molecular flexibility index (Phi) is 4.46. The summed E-state index contributed by atoms with van der Waals surface area (Å²) in [5.74, 6) is -0.383. The lowest BCUT2D eigenvalue weighted by Crippen LogP contribution is -2.30. The van der Waals surface area contributed by atoms with E-state index in [1.807, 2.05) is 0 Å². The molecule has 2 amide bonds. The molecule has 1 aliphatic rings. The number of furan rings is 1. The monoisotopic (exact) mass is 328 g/mol. The Hall–Kier alpha value is -2.89. The van der Waals surface area contributed by atoms with Crippen molar-refractivity contribution in [3.8, 4) is 11.3 Å². The normalized spacial score (nSPS) is 17.5. The molecule has 0 saturated carbocycles. The second-order valence-electron chi connectivity index (χ2n) is 5.69. The van der Waals surface area contributed by atoms with Crippen LogP contribution in [0.25, 0.3) is 17.4 Å². The molecule has 2 heterocycles. The molecule has 3 rings (SSSR count). The quantitative estimate of drug-likeness (QED) is 0.876. The molecule has 1 atom stereocenters. The summed E-state index contributed by atoms with van der Waals surface area (Å²) < 4.78 is 19.3. The van der Waals surface area contributed by atoms with Crippen LogP contribution in [0, 0.1) is 11.7 Å². The smallest absolute Gasteiger partial charge is 0.246 e. The summed E-state index contributed by atoms with van der Waals surface area (Å²) in [7, 11) is 0. The third-order valence-corrected chi connectivity index (χ3v) is 4.06. The fraction of sp³-hybridized carbons (Fsp3) is 0.222. The van der Waals surface area contributed by atoms with Crippen LogP contribution in [0.15, 0.2) is 46.9 Å². The van der Waals surface area contributed by atoms with Gasteiger partial charge in [0.1, 0.15) is 17.3 Å². The highest BCUT2D eigenvalue weighted by atomic mass is 19.1. The number of carbonyl (C=O) groups is 2. The van der Waals surface area contributed by atoms with Gasteiger partial charge in [-0.1, -0.05) is 12.1 Å². The van der Waals surface area contributed by atoms with E-state index in [0.29, 0.717) is 36.6 Å². The van der Waals surface area contributed by atoms with Gasteiger partial charge in [0.25, 0.3) is 0 Å². The van der Waals surface area contributed by atoms with E-state index in [0.717, 1.165) is 0 Å². The molecule has 1 fully saturated rings. The lowest BCUT2D eigenvalue weighted by Gasteiger charge is -2.12. The maximum absolute atomic E-state index is 13.7. The number of nitrogens with two attached hydrogens (primary N) is 1. The Bertz CT molecular complexity index is 797. The summed E-state index contributed by atoms with van der Waals surface area (Å²) >= 11 is 0. The van der Waals surface area contributed by atoms with E-state index in [4.69, 9.17) is 10.2 Å². The Morgan fingerprint density at radius 1 is 1.25 bits per heavy atom. The summed E-state index contributed by atoms with van der Waals surface area (Å²) in [6.45, 7) is 0.854. The molecule has 1 aromatic heterocycles. The average molecular weight is 328 g/mol. The minimum atomic E-state index is -0.380. The number of benzene rings is 1. The second kappa shape index (κ2) is 6.70. The van der Waals surface area contributed by atoms with Crippen LogP contribution in [0.4, 0.5) is 4.39 Å². The zero-order chi connectivity index (χ0) is 17.1. The highest BCUT2D eigenvalue weighted by Crippen LogP contribution is 2.25. The predicted octanol–water partition coefficient (Wildman–Crippen LogP) is 2.43. The molecule has 1 aromatic carbocycles. The topological polar surface area (TPSA) is 76.5 Å². The van der Waals surface area contributed by atoms with E-state index >= 15 is 0 Å². The zero-order valence-electron chi connectivity index (χ0n) is 12.9. The van der Waals surface area contributed by atoms with Gasteiger partial charge in [-0.25, -0.2) is 4.39 Å². The molecule has 24 heavy (non-hydrogen) atoms. The number of carbonyl (C=O) groups excluding carboxylic acids is 2. The van der Waals surface area contributed by atoms with Gasteiger partial charge in [0, 0.05) is 19.2 Å². The fourth-order valence-electron chi connectivity index (χ4n) is 2.70. The molecule has 0 aliphatic carbocycles. The van der Waals surface area contributed by atoms with Crippen LogP contribution in [0.5, 0.6) is 0 Å². The number of hydrogen-bond donors (Lipinski definition) is 1. The van der Waals surface area contributed by atoms with Crippen molar-refractivity contribution in [1.29, 1.82) is 0 Å². The standard InChI is InChI=1S/C18H17FN2O3/c19-15-4-2-1-3-14(15)16-7-5-13(24-16)6-8-17(22)21-10-9-12(11-21)18(20)23/h1-8,12H,9-11H2,(H2,20,23). The van der Waals surface area contributed by atoms with Gasteiger partial charge in [0.05, 0.1) is 11.5 Å². The molecular weight excluding hydrogens is 311 g/mol. The van der Waals surface area contributed by atoms with E-state index in [2.05, 4.69) is 0 Å². The largest absolute Gasteiger partial charge is 0.457 e. The van der Waals surface area contributed by atoms with Crippen LogP contribution in [0.3, 0.4) is 0 Å². The first kappa shape index (κ1) is 16.0. The SMILES string of the molecule is NC(=O)C1CCN(C(=O)C=Cc2ccc(-c3ccccc3F)o2)C1. The van der Waals surface area contributed by atoms with Crippen molar-refractivity contribution in [3.05, 3.63) is 54.1 Å². The van der Waals surface area contributed by atoms with Crippen LogP contribution in [-0.4, -0.2) is 29.8 Å². The Labute approximate surface area is 138 Å². The van der Waals surface area contributed by atoms with E-state index in [-0.39, 0.29) is 23.5 Å². The van der Waals surface area contributed by atoms with Crippen LogP contribution < -0.4 is 5.73 Å². The minimum Gasteiger partial charge on any atom is -0.457 e. The van der Waals surface area contributed by atoms with Gasteiger partial charge in [0.15, 0.2) is 0 Å². The Balaban J connectivity index is 1.67. The van der Waals surface area contributed by atoms with E-state index < -0.39 is 0 Å². The highest BCUT2D eigenvalue weighted by Gasteiger charge is 2.28. The molecule has 0 radical (unpaired) electrons. The molecule has 5 nitrogen and oxygen atoms in total. The minimum absolute atomic E-state index is 0.206. The first-order valence-corrected chi connectivity index (χ1v) is 7.65. The van der Waals surface area contributed by atoms with Crippen LogP contribution in [0.1, 0.15) is 12.2 Å². The van der Waals surface area contributed by atoms with E-state index in [9.17, 15) is 14.0 Å². The number of rotatable bonds is 4. The molecular formula is C18H17FN2O3. The van der Waals surface area contributed by atoms with Crippen molar-refractivity contribution >= 4 is 17.9 Å². The van der Waals surface area contributed by atoms with Crippen molar-refractivity contribution < 1.29 is 18.4 Å². The van der Waals surface area contributed by atoms with Crippen molar-refractivity contribution in [2.45, 2.75) is 6.42 Å². The van der Waals surface area contributed by atoms with Gasteiger partial charge in [-0.2, -0.15) is 0 Å². The molecule has 6 heteroatoms. The van der Waals surface area contributed by atoms with Crippen molar-refractivity contribution in [3.63, 3.8) is 0 Å². The first-order chi connectivity index (χ1) is 11.5. The van der Waals surface area contributed by atoms with Gasteiger partial charge < -0.3 is 15.1 Å². The number of amides is 2. The molecule has 0 spiro atoms. The number of primary amides is 1. The maximum atomic E-state index is 13.7. The average Bonchev–Trinajstić information content (AvgIpc) is 3.22. The molecule has 1 aliphatic heterocycles. The maximum Gasteiger partial charge on any atom is 0.246 e. The lowest BCUT2D eigenvalue weighted by molar-refractivity contribution is -0.125. The third kappa shape index (κ3) is 3.37. The van der Waals surface area contributed by atoms with Gasteiger partial charge in [-0.05, 0) is 36.8 Å². The zero-order valence-corrected chi connectivity index (χ0v) is 12.9. The van der Waals surface area contributed by atoms with Gasteiger partial charge in [-0.3, -0.25) is 9.59 Å².